The van der Waals surface area contributed by atoms with Crippen LogP contribution in [0.4, 0.5) is 0 Å². The lowest BCUT2D eigenvalue weighted by Crippen LogP contribution is -2.31. The molecule has 0 spiro atoms. The lowest BCUT2D eigenvalue weighted by Gasteiger charge is -2.12. The molecule has 1 saturated heterocycles. The summed E-state index contributed by atoms with van der Waals surface area (Å²) in [5.74, 6) is -1.29. The molecule has 0 N–H and O–H groups in total. The zero-order chi connectivity index (χ0) is 25.4. The minimum Gasteiger partial charge on any atom is -0.330 e. The molecule has 0 unspecified atom stereocenters. The SMILES string of the molecule is CCCCCCCCCCCCCCCCCCCCCCCCCC(=O)ON1C(=O)CCC1=O. The summed E-state index contributed by atoms with van der Waals surface area (Å²) in [5, 5.41) is 0.640. The molecule has 0 aromatic heterocycles. The lowest BCUT2D eigenvalue weighted by atomic mass is 10.0. The number of unbranched alkanes of at least 4 members (excludes halogenated alkanes) is 22. The quantitative estimate of drug-likeness (QED) is 0.0940. The van der Waals surface area contributed by atoms with E-state index in [0.717, 1.165) is 19.3 Å². The highest BCUT2D eigenvalue weighted by molar-refractivity contribution is 6.01. The maximum absolute atomic E-state index is 11.7. The first-order valence-electron chi connectivity index (χ1n) is 15.2. The van der Waals surface area contributed by atoms with Crippen LogP contribution in [0.5, 0.6) is 0 Å². The number of hydrogen-bond acceptors (Lipinski definition) is 4. The second-order valence-corrected chi connectivity index (χ2v) is 10.6. The summed E-state index contributed by atoms with van der Waals surface area (Å²) in [6.45, 7) is 2.29. The molecule has 204 valence electrons. The van der Waals surface area contributed by atoms with Crippen LogP contribution in [0, 0.1) is 0 Å². The molecule has 1 rings (SSSR count). The number of nitrogens with zero attached hydrogens (tertiary/aromatic N) is 1. The first-order valence-corrected chi connectivity index (χ1v) is 15.2. The molecule has 0 bridgehead atoms. The normalized spacial score (nSPS) is 13.7. The van der Waals surface area contributed by atoms with E-state index in [1.54, 1.807) is 0 Å². The Hall–Kier alpha value is -1.39. The molecule has 5 heteroatoms. The Morgan fingerprint density at radius 2 is 0.829 bits per heavy atom. The van der Waals surface area contributed by atoms with Crippen LogP contribution in [0.25, 0.3) is 0 Å². The lowest BCUT2D eigenvalue weighted by molar-refractivity contribution is -0.197. The van der Waals surface area contributed by atoms with Gasteiger partial charge in [-0.3, -0.25) is 9.59 Å². The van der Waals surface area contributed by atoms with Crippen molar-refractivity contribution in [1.82, 2.24) is 5.06 Å². The third kappa shape index (κ3) is 18.5. The van der Waals surface area contributed by atoms with Crippen LogP contribution in [-0.2, 0) is 19.2 Å². The van der Waals surface area contributed by atoms with Crippen LogP contribution in [0.1, 0.15) is 174 Å². The molecular weight excluding hydrogens is 438 g/mol. The van der Waals surface area contributed by atoms with Crippen LogP contribution in [0.15, 0.2) is 0 Å². The highest BCUT2D eigenvalue weighted by Gasteiger charge is 2.32. The highest BCUT2D eigenvalue weighted by Crippen LogP contribution is 2.16. The molecule has 1 aliphatic rings. The van der Waals surface area contributed by atoms with Crippen molar-refractivity contribution in [3.05, 3.63) is 0 Å². The molecule has 1 aliphatic heterocycles. The van der Waals surface area contributed by atoms with Crippen molar-refractivity contribution in [2.24, 2.45) is 0 Å². The van der Waals surface area contributed by atoms with Crippen molar-refractivity contribution in [3.63, 3.8) is 0 Å². The Bertz CT molecular complexity index is 532. The Kier molecular flexibility index (Phi) is 20.8. The molecule has 0 aromatic rings. The maximum atomic E-state index is 11.7. The predicted octanol–water partition coefficient (Wildman–Crippen LogP) is 8.98. The highest BCUT2D eigenvalue weighted by atomic mass is 16.7. The number of hydrogen-bond donors (Lipinski definition) is 0. The van der Waals surface area contributed by atoms with E-state index >= 15 is 0 Å². The van der Waals surface area contributed by atoms with Gasteiger partial charge in [-0.1, -0.05) is 148 Å². The number of rotatable bonds is 25. The summed E-state index contributed by atoms with van der Waals surface area (Å²) >= 11 is 0. The number of imide groups is 1. The average molecular weight is 494 g/mol. The number of carbonyl (C=O) groups is 3. The Labute approximate surface area is 216 Å². The van der Waals surface area contributed by atoms with E-state index in [1.165, 1.54) is 128 Å². The fourth-order valence-corrected chi connectivity index (χ4v) is 4.86. The zero-order valence-electron chi connectivity index (χ0n) is 23.0. The Morgan fingerprint density at radius 1 is 0.543 bits per heavy atom. The summed E-state index contributed by atoms with van der Waals surface area (Å²) in [6.07, 6.45) is 31.4. The summed E-state index contributed by atoms with van der Waals surface area (Å²) in [4.78, 5) is 39.5. The number of carbonyl (C=O) groups excluding carboxylic acids is 3. The Morgan fingerprint density at radius 3 is 1.14 bits per heavy atom. The van der Waals surface area contributed by atoms with Crippen LogP contribution in [0.3, 0.4) is 0 Å². The van der Waals surface area contributed by atoms with E-state index in [-0.39, 0.29) is 19.3 Å². The fourth-order valence-electron chi connectivity index (χ4n) is 4.86. The maximum Gasteiger partial charge on any atom is 0.333 e. The van der Waals surface area contributed by atoms with E-state index in [9.17, 15) is 14.4 Å². The molecule has 1 heterocycles. The topological polar surface area (TPSA) is 63.7 Å². The Balaban J connectivity index is 1.71. The molecular formula is C30H55NO4. The van der Waals surface area contributed by atoms with Crippen molar-refractivity contribution >= 4 is 17.8 Å². The monoisotopic (exact) mass is 493 g/mol. The van der Waals surface area contributed by atoms with Gasteiger partial charge in [-0.15, -0.1) is 5.06 Å². The molecule has 0 aliphatic carbocycles. The van der Waals surface area contributed by atoms with Crippen LogP contribution in [-0.4, -0.2) is 22.8 Å². The third-order valence-electron chi connectivity index (χ3n) is 7.18. The van der Waals surface area contributed by atoms with Crippen molar-refractivity contribution in [2.75, 3.05) is 0 Å². The number of amides is 2. The van der Waals surface area contributed by atoms with Crippen LogP contribution < -0.4 is 0 Å². The van der Waals surface area contributed by atoms with Gasteiger partial charge in [0.25, 0.3) is 11.8 Å². The molecule has 2 amide bonds. The molecule has 5 nitrogen and oxygen atoms in total. The fraction of sp³-hybridized carbons (Fsp3) is 0.900. The van der Waals surface area contributed by atoms with Crippen molar-refractivity contribution in [1.29, 1.82) is 0 Å². The third-order valence-corrected chi connectivity index (χ3v) is 7.18. The van der Waals surface area contributed by atoms with Gasteiger partial charge >= 0.3 is 5.97 Å². The number of hydroxylamine groups is 2. The van der Waals surface area contributed by atoms with E-state index < -0.39 is 17.8 Å². The first kappa shape index (κ1) is 31.6. The van der Waals surface area contributed by atoms with Gasteiger partial charge < -0.3 is 4.84 Å². The molecule has 0 aromatic carbocycles. The first-order chi connectivity index (χ1) is 17.1. The smallest absolute Gasteiger partial charge is 0.330 e. The molecule has 0 saturated carbocycles. The van der Waals surface area contributed by atoms with Crippen LogP contribution in [0.2, 0.25) is 0 Å². The van der Waals surface area contributed by atoms with E-state index in [2.05, 4.69) is 6.92 Å². The summed E-state index contributed by atoms with van der Waals surface area (Å²) in [6, 6.07) is 0. The largest absolute Gasteiger partial charge is 0.333 e. The minimum atomic E-state index is -0.475. The van der Waals surface area contributed by atoms with E-state index in [1.807, 2.05) is 0 Å². The van der Waals surface area contributed by atoms with Gasteiger partial charge in [0.2, 0.25) is 0 Å². The van der Waals surface area contributed by atoms with Crippen molar-refractivity contribution < 1.29 is 19.2 Å². The second-order valence-electron chi connectivity index (χ2n) is 10.6. The van der Waals surface area contributed by atoms with Crippen molar-refractivity contribution in [2.45, 2.75) is 174 Å². The average Bonchev–Trinajstić information content (AvgIpc) is 3.16. The van der Waals surface area contributed by atoms with Gasteiger partial charge in [0.05, 0.1) is 0 Å². The molecule has 0 radical (unpaired) electrons. The standard InChI is InChI=1S/C30H55NO4/c1-2-3-4-5-6-7-8-9-10-11-12-13-14-15-16-17-18-19-20-21-22-23-24-25-30(34)35-31-28(32)26-27-29(31)33/h2-27H2,1H3. The molecule has 1 fully saturated rings. The summed E-state index contributed by atoms with van der Waals surface area (Å²) in [5.41, 5.74) is 0. The van der Waals surface area contributed by atoms with Gasteiger partial charge in [0.1, 0.15) is 0 Å². The van der Waals surface area contributed by atoms with Gasteiger partial charge in [-0.25, -0.2) is 4.79 Å². The van der Waals surface area contributed by atoms with E-state index in [4.69, 9.17) is 4.84 Å². The van der Waals surface area contributed by atoms with Gasteiger partial charge in [-0.2, -0.15) is 0 Å². The zero-order valence-corrected chi connectivity index (χ0v) is 23.0. The van der Waals surface area contributed by atoms with Gasteiger partial charge in [-0.05, 0) is 6.42 Å². The van der Waals surface area contributed by atoms with Crippen LogP contribution >= 0.6 is 0 Å². The minimum absolute atomic E-state index is 0.144. The predicted molar refractivity (Wildman–Crippen MR) is 144 cm³/mol. The second kappa shape index (κ2) is 23.0. The molecule has 0 atom stereocenters. The van der Waals surface area contributed by atoms with E-state index in [0.29, 0.717) is 5.06 Å². The summed E-state index contributed by atoms with van der Waals surface area (Å²) in [7, 11) is 0. The van der Waals surface area contributed by atoms with Crippen molar-refractivity contribution in [3.8, 4) is 0 Å². The molecule has 35 heavy (non-hydrogen) atoms. The summed E-state index contributed by atoms with van der Waals surface area (Å²) < 4.78 is 0. The van der Waals surface area contributed by atoms with Gasteiger partial charge in [0.15, 0.2) is 0 Å². The van der Waals surface area contributed by atoms with Gasteiger partial charge in [0, 0.05) is 19.3 Å².